The van der Waals surface area contributed by atoms with Gasteiger partial charge < -0.3 is 4.74 Å². The third kappa shape index (κ3) is 4.65. The van der Waals surface area contributed by atoms with Gasteiger partial charge in [-0.25, -0.2) is 0 Å². The van der Waals surface area contributed by atoms with Gasteiger partial charge in [-0.3, -0.25) is 5.43 Å². The van der Waals surface area contributed by atoms with Gasteiger partial charge in [0.15, 0.2) is 0 Å². The number of rotatable bonds is 4. The molecule has 0 aliphatic carbocycles. The number of anilines is 1. The van der Waals surface area contributed by atoms with Crippen LogP contribution in [-0.4, -0.2) is 13.3 Å². The molecule has 0 unspecified atom stereocenters. The zero-order valence-corrected chi connectivity index (χ0v) is 12.7. The van der Waals surface area contributed by atoms with Crippen LogP contribution in [0.2, 0.25) is 0 Å². The smallest absolute Gasteiger partial charge is 0.417 e. The van der Waals surface area contributed by atoms with Gasteiger partial charge in [0.1, 0.15) is 5.75 Å². The first kappa shape index (κ1) is 18.6. The molecule has 0 bridgehead atoms. The van der Waals surface area contributed by atoms with Gasteiger partial charge in [0, 0.05) is 5.56 Å². The highest BCUT2D eigenvalue weighted by Gasteiger charge is 2.39. The van der Waals surface area contributed by atoms with Crippen LogP contribution in [0.5, 0.6) is 5.75 Å². The Labute approximate surface area is 138 Å². The summed E-state index contributed by atoms with van der Waals surface area (Å²) in [6.07, 6.45) is -9.18. The minimum Gasteiger partial charge on any atom is -0.496 e. The van der Waals surface area contributed by atoms with Crippen LogP contribution in [0.1, 0.15) is 16.7 Å². The third-order valence-corrected chi connectivity index (χ3v) is 3.16. The normalized spacial score (nSPS) is 12.4. The van der Waals surface area contributed by atoms with Crippen molar-refractivity contribution in [2.45, 2.75) is 12.4 Å². The zero-order chi connectivity index (χ0) is 18.7. The highest BCUT2D eigenvalue weighted by Crippen LogP contribution is 2.40. The van der Waals surface area contributed by atoms with Gasteiger partial charge in [-0.05, 0) is 24.3 Å². The summed E-state index contributed by atoms with van der Waals surface area (Å²) < 4.78 is 82.7. The Bertz CT molecular complexity index is 754. The molecule has 0 aliphatic heterocycles. The summed E-state index contributed by atoms with van der Waals surface area (Å²) in [5, 5.41) is 3.65. The van der Waals surface area contributed by atoms with E-state index in [4.69, 9.17) is 4.74 Å². The monoisotopic (exact) mass is 362 g/mol. The molecule has 2 rings (SSSR count). The molecule has 25 heavy (non-hydrogen) atoms. The molecule has 0 aromatic heterocycles. The number of hydrazone groups is 1. The number of nitrogens with zero attached hydrogens (tertiary/aromatic N) is 1. The lowest BCUT2D eigenvalue weighted by molar-refractivity contribution is -0.143. The molecular weight excluding hydrogens is 350 g/mol. The van der Waals surface area contributed by atoms with E-state index in [0.29, 0.717) is 11.8 Å². The molecule has 0 saturated heterocycles. The van der Waals surface area contributed by atoms with Crippen LogP contribution in [0.25, 0.3) is 0 Å². The van der Waals surface area contributed by atoms with Gasteiger partial charge in [-0.2, -0.15) is 31.4 Å². The SMILES string of the molecule is COc1cc(C(F)(F)F)cc(C(F)(F)F)c1C=NNc1ccccc1. The summed E-state index contributed by atoms with van der Waals surface area (Å²) in [6.45, 7) is 0. The molecular formula is C16H12F6N2O. The number of halogens is 6. The molecule has 0 aliphatic rings. The Hall–Kier alpha value is -2.71. The lowest BCUT2D eigenvalue weighted by Crippen LogP contribution is -2.15. The first-order valence-electron chi connectivity index (χ1n) is 6.83. The number of alkyl halides is 6. The van der Waals surface area contributed by atoms with Crippen molar-refractivity contribution in [1.82, 2.24) is 0 Å². The Balaban J connectivity index is 2.48. The van der Waals surface area contributed by atoms with E-state index in [1.54, 1.807) is 30.3 Å². The molecule has 2 aromatic rings. The van der Waals surface area contributed by atoms with E-state index in [9.17, 15) is 26.3 Å². The first-order valence-corrected chi connectivity index (χ1v) is 6.83. The summed E-state index contributed by atoms with van der Waals surface area (Å²) >= 11 is 0. The molecule has 0 atom stereocenters. The van der Waals surface area contributed by atoms with Gasteiger partial charge in [0.2, 0.25) is 0 Å². The Morgan fingerprint density at radius 1 is 0.960 bits per heavy atom. The lowest BCUT2D eigenvalue weighted by atomic mass is 10.0. The van der Waals surface area contributed by atoms with E-state index >= 15 is 0 Å². The summed E-state index contributed by atoms with van der Waals surface area (Å²) in [7, 11) is 0.984. The second kappa shape index (κ2) is 7.04. The zero-order valence-electron chi connectivity index (χ0n) is 12.7. The fourth-order valence-electron chi connectivity index (χ4n) is 2.01. The molecule has 134 valence electrons. The Morgan fingerprint density at radius 2 is 1.60 bits per heavy atom. The van der Waals surface area contributed by atoms with Crippen molar-refractivity contribution in [3.8, 4) is 5.75 Å². The minimum atomic E-state index is -5.01. The van der Waals surface area contributed by atoms with Crippen molar-refractivity contribution < 1.29 is 31.1 Å². The Kier molecular flexibility index (Phi) is 5.24. The topological polar surface area (TPSA) is 33.6 Å². The molecule has 0 saturated carbocycles. The molecule has 0 fully saturated rings. The standard InChI is InChI=1S/C16H12F6N2O/c1-25-14-8-10(15(17,18)19)7-13(16(20,21)22)12(14)9-23-24-11-5-3-2-4-6-11/h2-9,24H,1H3. The molecule has 2 aromatic carbocycles. The summed E-state index contributed by atoms with van der Waals surface area (Å²) in [6, 6.07) is 8.86. The first-order chi connectivity index (χ1) is 11.6. The maximum absolute atomic E-state index is 13.2. The summed E-state index contributed by atoms with van der Waals surface area (Å²) in [5.41, 5.74) is -0.557. The number of hydrogen-bond acceptors (Lipinski definition) is 3. The van der Waals surface area contributed by atoms with Crippen molar-refractivity contribution in [3.05, 3.63) is 59.2 Å². The average Bonchev–Trinajstić information content (AvgIpc) is 2.53. The summed E-state index contributed by atoms with van der Waals surface area (Å²) in [5.74, 6) is -0.583. The van der Waals surface area contributed by atoms with Crippen molar-refractivity contribution >= 4 is 11.9 Å². The van der Waals surface area contributed by atoms with E-state index < -0.39 is 34.8 Å². The highest BCUT2D eigenvalue weighted by molar-refractivity contribution is 5.86. The maximum Gasteiger partial charge on any atom is 0.417 e. The van der Waals surface area contributed by atoms with Crippen LogP contribution in [0, 0.1) is 0 Å². The van der Waals surface area contributed by atoms with Crippen molar-refractivity contribution in [2.75, 3.05) is 12.5 Å². The number of methoxy groups -OCH3 is 1. The fraction of sp³-hybridized carbons (Fsp3) is 0.188. The van der Waals surface area contributed by atoms with Gasteiger partial charge >= 0.3 is 12.4 Å². The molecule has 3 nitrogen and oxygen atoms in total. The number of nitrogens with one attached hydrogen (secondary N) is 1. The van der Waals surface area contributed by atoms with E-state index in [2.05, 4.69) is 10.5 Å². The largest absolute Gasteiger partial charge is 0.496 e. The van der Waals surface area contributed by atoms with Crippen LogP contribution in [0.15, 0.2) is 47.6 Å². The van der Waals surface area contributed by atoms with Crippen molar-refractivity contribution in [1.29, 1.82) is 0 Å². The molecule has 1 N–H and O–H groups in total. The van der Waals surface area contributed by atoms with Crippen LogP contribution in [0.3, 0.4) is 0 Å². The van der Waals surface area contributed by atoms with E-state index in [0.717, 1.165) is 13.3 Å². The van der Waals surface area contributed by atoms with E-state index in [1.165, 1.54) is 0 Å². The molecule has 0 amide bonds. The minimum absolute atomic E-state index is 0.0341. The van der Waals surface area contributed by atoms with Crippen molar-refractivity contribution in [2.24, 2.45) is 5.10 Å². The highest BCUT2D eigenvalue weighted by atomic mass is 19.4. The van der Waals surface area contributed by atoms with Crippen LogP contribution >= 0.6 is 0 Å². The lowest BCUT2D eigenvalue weighted by Gasteiger charge is -2.17. The van der Waals surface area contributed by atoms with Crippen LogP contribution in [-0.2, 0) is 12.4 Å². The number of para-hydroxylation sites is 1. The molecule has 0 spiro atoms. The number of ether oxygens (including phenoxy) is 1. The number of benzene rings is 2. The van der Waals surface area contributed by atoms with Gasteiger partial charge in [0.25, 0.3) is 0 Å². The predicted molar refractivity (Wildman–Crippen MR) is 80.7 cm³/mol. The second-order valence-corrected chi connectivity index (χ2v) is 4.87. The van der Waals surface area contributed by atoms with Gasteiger partial charge in [-0.1, -0.05) is 18.2 Å². The van der Waals surface area contributed by atoms with Crippen LogP contribution < -0.4 is 10.2 Å². The quantitative estimate of drug-likeness (QED) is 0.462. The second-order valence-electron chi connectivity index (χ2n) is 4.87. The molecule has 0 heterocycles. The fourth-order valence-corrected chi connectivity index (χ4v) is 2.01. The van der Waals surface area contributed by atoms with E-state index in [1.807, 2.05) is 0 Å². The maximum atomic E-state index is 13.2. The molecule has 9 heteroatoms. The van der Waals surface area contributed by atoms with Gasteiger partial charge in [-0.15, -0.1) is 0 Å². The number of hydrogen-bond donors (Lipinski definition) is 1. The third-order valence-electron chi connectivity index (χ3n) is 3.16. The summed E-state index contributed by atoms with van der Waals surface area (Å²) in [4.78, 5) is 0. The van der Waals surface area contributed by atoms with Crippen molar-refractivity contribution in [3.63, 3.8) is 0 Å². The predicted octanol–water partition coefficient (Wildman–Crippen LogP) is 5.18. The Morgan fingerprint density at radius 3 is 2.12 bits per heavy atom. The average molecular weight is 362 g/mol. The molecule has 0 radical (unpaired) electrons. The van der Waals surface area contributed by atoms with E-state index in [-0.39, 0.29) is 6.07 Å². The van der Waals surface area contributed by atoms with Gasteiger partial charge in [0.05, 0.1) is 30.1 Å². The van der Waals surface area contributed by atoms with Crippen LogP contribution in [0.4, 0.5) is 32.0 Å².